The van der Waals surface area contributed by atoms with Gasteiger partial charge in [-0.3, -0.25) is 0 Å². The summed E-state index contributed by atoms with van der Waals surface area (Å²) in [6.07, 6.45) is 0.319. The molecule has 0 radical (unpaired) electrons. The number of hydrogen-bond donors (Lipinski definition) is 2. The zero-order chi connectivity index (χ0) is 14.7. The van der Waals surface area contributed by atoms with Gasteiger partial charge in [0.05, 0.1) is 12.7 Å². The zero-order valence-electron chi connectivity index (χ0n) is 12.2. The Morgan fingerprint density at radius 1 is 1.47 bits per heavy atom. The number of morpholine rings is 1. The van der Waals surface area contributed by atoms with E-state index >= 15 is 0 Å². The summed E-state index contributed by atoms with van der Waals surface area (Å²) in [5.41, 5.74) is -0.242. The number of aliphatic hydroxyl groups is 1. The van der Waals surface area contributed by atoms with E-state index in [2.05, 4.69) is 4.72 Å². The van der Waals surface area contributed by atoms with Crippen molar-refractivity contribution in [1.29, 1.82) is 0 Å². The zero-order valence-corrected chi connectivity index (χ0v) is 13.0. The Balaban J connectivity index is 2.76. The lowest BCUT2D eigenvalue weighted by Gasteiger charge is -2.35. The summed E-state index contributed by atoms with van der Waals surface area (Å²) in [5.74, 6) is 0. The Morgan fingerprint density at radius 2 is 2.11 bits per heavy atom. The highest BCUT2D eigenvalue weighted by Crippen LogP contribution is 2.23. The molecule has 19 heavy (non-hydrogen) atoms. The van der Waals surface area contributed by atoms with Crippen molar-refractivity contribution in [1.82, 2.24) is 9.03 Å². The molecule has 1 saturated heterocycles. The molecular weight excluding hydrogens is 268 g/mol. The molecule has 0 saturated carbocycles. The summed E-state index contributed by atoms with van der Waals surface area (Å²) in [4.78, 5) is 0. The van der Waals surface area contributed by atoms with E-state index in [1.807, 2.05) is 27.7 Å². The molecule has 0 unspecified atom stereocenters. The van der Waals surface area contributed by atoms with E-state index in [1.54, 1.807) is 0 Å². The quantitative estimate of drug-likeness (QED) is 0.766. The molecule has 2 N–H and O–H groups in total. The van der Waals surface area contributed by atoms with E-state index in [0.29, 0.717) is 26.1 Å². The first-order valence-electron chi connectivity index (χ1n) is 6.66. The molecule has 1 aliphatic heterocycles. The molecule has 1 heterocycles. The average Bonchev–Trinajstić information content (AvgIpc) is 2.27. The van der Waals surface area contributed by atoms with E-state index < -0.39 is 10.2 Å². The number of aliphatic hydroxyl groups excluding tert-OH is 1. The van der Waals surface area contributed by atoms with Crippen molar-refractivity contribution in [3.8, 4) is 0 Å². The van der Waals surface area contributed by atoms with Crippen LogP contribution < -0.4 is 4.72 Å². The van der Waals surface area contributed by atoms with Crippen LogP contribution in [0, 0.1) is 5.41 Å². The maximum Gasteiger partial charge on any atom is 0.279 e. The largest absolute Gasteiger partial charge is 0.396 e. The summed E-state index contributed by atoms with van der Waals surface area (Å²) in [5, 5.41) is 9.08. The second kappa shape index (κ2) is 6.49. The molecule has 1 aliphatic rings. The van der Waals surface area contributed by atoms with Gasteiger partial charge in [0.2, 0.25) is 0 Å². The molecule has 7 heteroatoms. The SMILES string of the molecule is C[C@@H]1CN(S(=O)(=O)N[C@H](CCO)C(C)(C)C)CCO1. The maximum absolute atomic E-state index is 12.3. The minimum Gasteiger partial charge on any atom is -0.396 e. The highest BCUT2D eigenvalue weighted by Gasteiger charge is 2.33. The van der Waals surface area contributed by atoms with Gasteiger partial charge in [0.25, 0.3) is 10.2 Å². The lowest BCUT2D eigenvalue weighted by Crippen LogP contribution is -2.54. The number of ether oxygens (including phenoxy) is 1. The van der Waals surface area contributed by atoms with Gasteiger partial charge in [0.1, 0.15) is 0 Å². The second-order valence-corrected chi connectivity index (χ2v) is 7.80. The summed E-state index contributed by atoms with van der Waals surface area (Å²) in [6, 6.07) is -0.291. The number of hydrogen-bond acceptors (Lipinski definition) is 4. The first-order valence-corrected chi connectivity index (χ1v) is 8.10. The van der Waals surface area contributed by atoms with Gasteiger partial charge in [-0.15, -0.1) is 0 Å². The molecule has 0 amide bonds. The van der Waals surface area contributed by atoms with E-state index in [9.17, 15) is 8.42 Å². The average molecular weight is 294 g/mol. The molecule has 0 spiro atoms. The number of rotatable bonds is 5. The van der Waals surface area contributed by atoms with Crippen LogP contribution in [0.4, 0.5) is 0 Å². The molecule has 0 aromatic carbocycles. The highest BCUT2D eigenvalue weighted by atomic mass is 32.2. The van der Waals surface area contributed by atoms with Crippen LogP contribution in [-0.2, 0) is 14.9 Å². The van der Waals surface area contributed by atoms with Crippen molar-refractivity contribution in [3.63, 3.8) is 0 Å². The van der Waals surface area contributed by atoms with E-state index in [-0.39, 0.29) is 24.2 Å². The van der Waals surface area contributed by atoms with Gasteiger partial charge in [0.15, 0.2) is 0 Å². The van der Waals surface area contributed by atoms with Crippen molar-refractivity contribution in [2.45, 2.75) is 46.3 Å². The Bertz CT molecular complexity index is 378. The molecule has 0 aliphatic carbocycles. The Morgan fingerprint density at radius 3 is 2.58 bits per heavy atom. The van der Waals surface area contributed by atoms with Crippen LogP contribution in [0.1, 0.15) is 34.1 Å². The van der Waals surface area contributed by atoms with Crippen LogP contribution in [0.15, 0.2) is 0 Å². The lowest BCUT2D eigenvalue weighted by molar-refractivity contribution is 0.00943. The second-order valence-electron chi connectivity index (χ2n) is 6.09. The van der Waals surface area contributed by atoms with Crippen LogP contribution in [0.2, 0.25) is 0 Å². The van der Waals surface area contributed by atoms with Crippen molar-refractivity contribution in [2.24, 2.45) is 5.41 Å². The van der Waals surface area contributed by atoms with E-state index in [4.69, 9.17) is 9.84 Å². The van der Waals surface area contributed by atoms with Gasteiger partial charge in [-0.05, 0) is 18.8 Å². The summed E-state index contributed by atoms with van der Waals surface area (Å²) >= 11 is 0. The predicted molar refractivity (Wildman–Crippen MR) is 74.0 cm³/mol. The van der Waals surface area contributed by atoms with Crippen LogP contribution in [0.25, 0.3) is 0 Å². The topological polar surface area (TPSA) is 78.9 Å². The molecule has 0 aromatic heterocycles. The summed E-state index contributed by atoms with van der Waals surface area (Å²) in [7, 11) is -3.53. The van der Waals surface area contributed by atoms with Crippen molar-refractivity contribution in [2.75, 3.05) is 26.3 Å². The molecule has 1 rings (SSSR count). The third-order valence-electron chi connectivity index (χ3n) is 3.30. The highest BCUT2D eigenvalue weighted by molar-refractivity contribution is 7.87. The third kappa shape index (κ3) is 5.00. The van der Waals surface area contributed by atoms with Crippen molar-refractivity contribution >= 4 is 10.2 Å². The molecule has 0 bridgehead atoms. The lowest BCUT2D eigenvalue weighted by atomic mass is 9.86. The van der Waals surface area contributed by atoms with Gasteiger partial charge < -0.3 is 9.84 Å². The predicted octanol–water partition coefficient (Wildman–Crippen LogP) is 0.339. The first-order chi connectivity index (χ1) is 8.66. The fourth-order valence-corrected chi connectivity index (χ4v) is 3.76. The van der Waals surface area contributed by atoms with Crippen LogP contribution in [-0.4, -0.2) is 56.3 Å². The minimum atomic E-state index is -3.53. The maximum atomic E-state index is 12.3. The number of nitrogens with zero attached hydrogens (tertiary/aromatic N) is 1. The Labute approximate surface area is 116 Å². The Hall–Kier alpha value is -0.210. The smallest absolute Gasteiger partial charge is 0.279 e. The molecule has 6 nitrogen and oxygen atoms in total. The standard InChI is InChI=1S/C12H26N2O4S/c1-10-9-14(6-8-18-10)19(16,17)13-11(5-7-15)12(2,3)4/h10-11,13,15H,5-9H2,1-4H3/t10-,11-/m1/s1. The first kappa shape index (κ1) is 16.8. The van der Waals surface area contributed by atoms with Crippen LogP contribution in [0.3, 0.4) is 0 Å². The van der Waals surface area contributed by atoms with Gasteiger partial charge in [0, 0.05) is 25.7 Å². The van der Waals surface area contributed by atoms with E-state index in [0.717, 1.165) is 0 Å². The van der Waals surface area contributed by atoms with Crippen molar-refractivity contribution < 1.29 is 18.3 Å². The van der Waals surface area contributed by atoms with Gasteiger partial charge in [-0.1, -0.05) is 20.8 Å². The van der Waals surface area contributed by atoms with E-state index in [1.165, 1.54) is 4.31 Å². The van der Waals surface area contributed by atoms with Gasteiger partial charge >= 0.3 is 0 Å². The van der Waals surface area contributed by atoms with Gasteiger partial charge in [-0.25, -0.2) is 0 Å². The van der Waals surface area contributed by atoms with Crippen LogP contribution >= 0.6 is 0 Å². The summed E-state index contributed by atoms with van der Waals surface area (Å²) in [6.45, 7) is 8.84. The Kier molecular flexibility index (Phi) is 5.76. The normalized spacial score (nSPS) is 24.4. The van der Waals surface area contributed by atoms with Crippen LogP contribution in [0.5, 0.6) is 0 Å². The van der Waals surface area contributed by atoms with Gasteiger partial charge in [-0.2, -0.15) is 17.4 Å². The summed E-state index contributed by atoms with van der Waals surface area (Å²) < 4.78 is 34.2. The van der Waals surface area contributed by atoms with Crippen molar-refractivity contribution in [3.05, 3.63) is 0 Å². The molecule has 0 aromatic rings. The molecular formula is C12H26N2O4S. The third-order valence-corrected chi connectivity index (χ3v) is 4.89. The fourth-order valence-electron chi connectivity index (χ4n) is 2.06. The monoisotopic (exact) mass is 294 g/mol. The fraction of sp³-hybridized carbons (Fsp3) is 1.00. The molecule has 2 atom stereocenters. The minimum absolute atomic E-state index is 0.0377. The number of nitrogens with one attached hydrogen (secondary N) is 1. The molecule has 1 fully saturated rings. The molecule has 114 valence electrons.